The van der Waals surface area contributed by atoms with Crippen molar-refractivity contribution in [2.45, 2.75) is 40.2 Å². The number of aryl methyl sites for hydroxylation is 1. The van der Waals surface area contributed by atoms with Gasteiger partial charge in [-0.15, -0.1) is 0 Å². The topological polar surface area (TPSA) is 47.0 Å². The Morgan fingerprint density at radius 3 is 2.59 bits per heavy atom. The molecular weight excluding hydrogens is 329 g/mol. The number of halogens is 1. The molecule has 1 N–H and O–H groups in total. The molecule has 0 bridgehead atoms. The van der Waals surface area contributed by atoms with Gasteiger partial charge in [0.15, 0.2) is 5.82 Å². The second-order valence-corrected chi connectivity index (χ2v) is 4.76. The molecule has 1 heterocycles. The van der Waals surface area contributed by atoms with Crippen LogP contribution in [0.2, 0.25) is 0 Å². The van der Waals surface area contributed by atoms with Gasteiger partial charge in [0.2, 0.25) is 0 Å². The van der Waals surface area contributed by atoms with Gasteiger partial charge in [-0.05, 0) is 42.4 Å². The summed E-state index contributed by atoms with van der Waals surface area (Å²) >= 11 is 2.30. The molecule has 0 aliphatic carbocycles. The summed E-state index contributed by atoms with van der Waals surface area (Å²) in [6, 6.07) is 0. The molecule has 96 valence electrons. The Hall–Kier alpha value is -0.430. The van der Waals surface area contributed by atoms with Crippen LogP contribution in [0.1, 0.15) is 38.7 Å². The Morgan fingerprint density at radius 2 is 2.00 bits per heavy atom. The first-order chi connectivity index (χ1) is 8.22. The van der Waals surface area contributed by atoms with Crippen molar-refractivity contribution in [1.29, 1.82) is 0 Å². The van der Waals surface area contributed by atoms with Crippen LogP contribution in [0.5, 0.6) is 0 Å². The highest BCUT2D eigenvalue weighted by molar-refractivity contribution is 14.1. The van der Waals surface area contributed by atoms with Gasteiger partial charge in [-0.3, -0.25) is 0 Å². The fraction of sp³-hybridized carbons (Fsp3) is 0.667. The molecule has 0 saturated carbocycles. The van der Waals surface area contributed by atoms with Gasteiger partial charge in [-0.1, -0.05) is 13.8 Å². The van der Waals surface area contributed by atoms with E-state index < -0.39 is 0 Å². The predicted octanol–water partition coefficient (Wildman–Crippen LogP) is 3.00. The van der Waals surface area contributed by atoms with E-state index in [1.54, 1.807) is 0 Å². The van der Waals surface area contributed by atoms with Crippen molar-refractivity contribution < 1.29 is 4.74 Å². The molecule has 17 heavy (non-hydrogen) atoms. The van der Waals surface area contributed by atoms with Crippen LogP contribution in [0.3, 0.4) is 0 Å². The molecule has 1 rings (SSSR count). The van der Waals surface area contributed by atoms with E-state index in [9.17, 15) is 0 Å². The van der Waals surface area contributed by atoms with Gasteiger partial charge in [0.05, 0.1) is 9.26 Å². The van der Waals surface area contributed by atoms with Crippen molar-refractivity contribution >= 4 is 28.4 Å². The minimum atomic E-state index is 0.496. The van der Waals surface area contributed by atoms with Gasteiger partial charge in [-0.25, -0.2) is 9.97 Å². The lowest BCUT2D eigenvalue weighted by atomic mass is 10.3. The van der Waals surface area contributed by atoms with E-state index in [2.05, 4.69) is 58.6 Å². The number of hydrogen-bond acceptors (Lipinski definition) is 4. The minimum Gasteiger partial charge on any atom is -0.373 e. The Balaban J connectivity index is 2.86. The maximum absolute atomic E-state index is 5.49. The molecule has 0 radical (unpaired) electrons. The van der Waals surface area contributed by atoms with E-state index in [0.29, 0.717) is 6.61 Å². The molecule has 0 atom stereocenters. The Morgan fingerprint density at radius 1 is 1.24 bits per heavy atom. The van der Waals surface area contributed by atoms with Crippen LogP contribution in [0.15, 0.2) is 0 Å². The lowest BCUT2D eigenvalue weighted by molar-refractivity contribution is 0.116. The molecule has 0 unspecified atom stereocenters. The zero-order valence-electron chi connectivity index (χ0n) is 10.7. The molecule has 5 heteroatoms. The summed E-state index contributed by atoms with van der Waals surface area (Å²) in [6.07, 6.45) is 1.94. The largest absolute Gasteiger partial charge is 0.373 e. The van der Waals surface area contributed by atoms with E-state index in [0.717, 1.165) is 46.9 Å². The third-order valence-corrected chi connectivity index (χ3v) is 3.36. The second kappa shape index (κ2) is 7.81. The van der Waals surface area contributed by atoms with Crippen molar-refractivity contribution in [3.05, 3.63) is 15.1 Å². The van der Waals surface area contributed by atoms with Crippen LogP contribution < -0.4 is 5.32 Å². The van der Waals surface area contributed by atoms with Crippen LogP contribution in [-0.2, 0) is 17.8 Å². The number of aromatic nitrogens is 2. The predicted molar refractivity (Wildman–Crippen MR) is 78.2 cm³/mol. The molecule has 0 spiro atoms. The zero-order chi connectivity index (χ0) is 12.7. The van der Waals surface area contributed by atoms with Crippen molar-refractivity contribution in [2.24, 2.45) is 0 Å². The molecule has 0 amide bonds. The molecule has 1 aromatic heterocycles. The van der Waals surface area contributed by atoms with Crippen molar-refractivity contribution in [1.82, 2.24) is 9.97 Å². The number of nitrogens with zero attached hydrogens (tertiary/aromatic N) is 2. The Bertz CT molecular complexity index is 358. The number of ether oxygens (including phenoxy) is 1. The summed E-state index contributed by atoms with van der Waals surface area (Å²) in [5.74, 6) is 1.70. The first kappa shape index (κ1) is 14.6. The first-order valence-corrected chi connectivity index (χ1v) is 7.17. The Kier molecular flexibility index (Phi) is 6.72. The lowest BCUT2D eigenvalue weighted by Crippen LogP contribution is -2.10. The molecule has 4 nitrogen and oxygen atoms in total. The van der Waals surface area contributed by atoms with Crippen LogP contribution >= 0.6 is 22.6 Å². The molecule has 1 aromatic rings. The Labute approximate surface area is 117 Å². The number of hydrogen-bond donors (Lipinski definition) is 1. The van der Waals surface area contributed by atoms with Crippen LogP contribution in [-0.4, -0.2) is 23.1 Å². The molecule has 0 fully saturated rings. The van der Waals surface area contributed by atoms with Crippen LogP contribution in [0.25, 0.3) is 0 Å². The quantitative estimate of drug-likeness (QED) is 0.607. The highest BCUT2D eigenvalue weighted by atomic mass is 127. The lowest BCUT2D eigenvalue weighted by Gasteiger charge is -2.11. The van der Waals surface area contributed by atoms with E-state index in [-0.39, 0.29) is 0 Å². The molecule has 0 aliphatic rings. The van der Waals surface area contributed by atoms with Gasteiger partial charge in [0.1, 0.15) is 12.4 Å². The smallest absolute Gasteiger partial charge is 0.156 e. The second-order valence-electron chi connectivity index (χ2n) is 3.69. The average Bonchev–Trinajstić information content (AvgIpc) is 2.33. The van der Waals surface area contributed by atoms with E-state index >= 15 is 0 Å². The highest BCUT2D eigenvalue weighted by Gasteiger charge is 2.10. The molecule has 0 saturated heterocycles. The van der Waals surface area contributed by atoms with Crippen molar-refractivity contribution in [2.75, 3.05) is 18.5 Å². The highest BCUT2D eigenvalue weighted by Crippen LogP contribution is 2.19. The summed E-state index contributed by atoms with van der Waals surface area (Å²) in [5.41, 5.74) is 1.09. The maximum Gasteiger partial charge on any atom is 0.156 e. The third-order valence-electron chi connectivity index (χ3n) is 2.22. The van der Waals surface area contributed by atoms with Crippen molar-refractivity contribution in [3.63, 3.8) is 0 Å². The summed E-state index contributed by atoms with van der Waals surface area (Å²) in [7, 11) is 0. The average molecular weight is 349 g/mol. The standard InChI is InChI=1S/C12H20IN3O/c1-4-7-17-8-10-15-9(5-2)11(13)12(16-10)14-6-3/h4-8H2,1-3H3,(H,14,15,16). The maximum atomic E-state index is 5.49. The normalized spacial score (nSPS) is 10.6. The van der Waals surface area contributed by atoms with Gasteiger partial charge >= 0.3 is 0 Å². The summed E-state index contributed by atoms with van der Waals surface area (Å²) in [6.45, 7) is 8.39. The van der Waals surface area contributed by atoms with Gasteiger partial charge in [-0.2, -0.15) is 0 Å². The van der Waals surface area contributed by atoms with E-state index in [1.807, 2.05) is 0 Å². The van der Waals surface area contributed by atoms with Gasteiger partial charge in [0.25, 0.3) is 0 Å². The summed E-state index contributed by atoms with van der Waals surface area (Å²) in [5, 5.41) is 3.27. The van der Waals surface area contributed by atoms with Crippen molar-refractivity contribution in [3.8, 4) is 0 Å². The molecular formula is C12H20IN3O. The molecule has 0 aliphatic heterocycles. The first-order valence-electron chi connectivity index (χ1n) is 6.09. The minimum absolute atomic E-state index is 0.496. The van der Waals surface area contributed by atoms with Crippen LogP contribution in [0, 0.1) is 3.57 Å². The fourth-order valence-electron chi connectivity index (χ4n) is 1.44. The summed E-state index contributed by atoms with van der Waals surface area (Å²) < 4.78 is 6.60. The SMILES string of the molecule is CCCOCc1nc(CC)c(I)c(NCC)n1. The molecule has 0 aromatic carbocycles. The van der Waals surface area contributed by atoms with Gasteiger partial charge in [0, 0.05) is 13.2 Å². The van der Waals surface area contributed by atoms with Gasteiger partial charge < -0.3 is 10.1 Å². The third kappa shape index (κ3) is 4.39. The van der Waals surface area contributed by atoms with E-state index in [1.165, 1.54) is 0 Å². The van der Waals surface area contributed by atoms with Crippen LogP contribution in [0.4, 0.5) is 5.82 Å². The number of nitrogens with one attached hydrogen (secondary N) is 1. The number of rotatable bonds is 7. The fourth-order valence-corrected chi connectivity index (χ4v) is 2.25. The zero-order valence-corrected chi connectivity index (χ0v) is 12.9. The van der Waals surface area contributed by atoms with E-state index in [4.69, 9.17) is 4.74 Å². The monoisotopic (exact) mass is 349 g/mol. The number of anilines is 1. The summed E-state index contributed by atoms with van der Waals surface area (Å²) in [4.78, 5) is 9.01.